The zero-order valence-corrected chi connectivity index (χ0v) is 52.1. The predicted molar refractivity (Wildman–Crippen MR) is 359 cm³/mol. The molecule has 3 nitrogen and oxygen atoms in total. The van der Waals surface area contributed by atoms with Crippen LogP contribution in [0.4, 0.5) is 51.2 Å². The molecule has 15 rings (SSSR count). The van der Waals surface area contributed by atoms with Gasteiger partial charge in [-0.15, -0.1) is 11.3 Å². The van der Waals surface area contributed by atoms with E-state index in [1.54, 1.807) is 11.6 Å². The van der Waals surface area contributed by atoms with Crippen molar-refractivity contribution in [3.8, 4) is 11.1 Å². The summed E-state index contributed by atoms with van der Waals surface area (Å²) in [6.07, 6.45) is 8.06. The highest BCUT2D eigenvalue weighted by atomic mass is 32.1. The molecule has 3 heterocycles. The number of anilines is 9. The summed E-state index contributed by atoms with van der Waals surface area (Å²) in [4.78, 5) is 7.59. The van der Waals surface area contributed by atoms with E-state index >= 15 is 0 Å². The number of thiophene rings is 1. The van der Waals surface area contributed by atoms with Gasteiger partial charge in [0.1, 0.15) is 0 Å². The number of rotatable bonds is 6. The standard InChI is InChI=1S/C78H82BN3S/c1-48-23-21-22-28-61(48)80(51-26-19-16-20-27-51)53-43-64-69-65(44-53)82(63-34-32-56-68(67(63)49-24-17-15-18-25-49)76(11,12)38-37-74(56,7)8)62-33-29-50(72(2,3)4)41-60(62)79(69)71-70(54-45-58-59(46-66(54)83-71)78(14)40-39-77(58,13)47-78)81(64)52-30-31-55-57(42-52)75(9,10)36-35-73(55,5)6/h15-34,41-46H,35-40,47H2,1-14H3/i1D3. The lowest BCUT2D eigenvalue weighted by molar-refractivity contribution is 0.332. The minimum absolute atomic E-state index is 0.0254. The number of benzene rings is 8. The molecular weight excluding hydrogens is 1020 g/mol. The van der Waals surface area contributed by atoms with Gasteiger partial charge in [-0.05, 0) is 217 Å². The second kappa shape index (κ2) is 17.6. The Labute approximate surface area is 504 Å². The van der Waals surface area contributed by atoms with Crippen LogP contribution in [-0.2, 0) is 37.9 Å². The lowest BCUT2D eigenvalue weighted by Crippen LogP contribution is -2.60. The zero-order chi connectivity index (χ0) is 60.2. The maximum absolute atomic E-state index is 9.15. The van der Waals surface area contributed by atoms with Crippen LogP contribution in [0.3, 0.4) is 0 Å². The van der Waals surface area contributed by atoms with E-state index in [1.807, 2.05) is 29.5 Å². The zero-order valence-electron chi connectivity index (χ0n) is 54.3. The molecule has 6 aliphatic rings. The minimum atomic E-state index is -2.39. The first-order valence-corrected chi connectivity index (χ1v) is 31.8. The van der Waals surface area contributed by atoms with E-state index in [0.29, 0.717) is 11.3 Å². The maximum atomic E-state index is 9.15. The lowest BCUT2D eigenvalue weighted by Gasteiger charge is -2.47. The summed E-state index contributed by atoms with van der Waals surface area (Å²) in [6.45, 7) is 29.2. The van der Waals surface area contributed by atoms with E-state index in [-0.39, 0.29) is 44.6 Å². The van der Waals surface area contributed by atoms with Crippen molar-refractivity contribution in [1.29, 1.82) is 0 Å². The molecule has 1 saturated carbocycles. The summed E-state index contributed by atoms with van der Waals surface area (Å²) >= 11 is 2.02. The lowest BCUT2D eigenvalue weighted by atomic mass is 9.36. The van der Waals surface area contributed by atoms with Crippen molar-refractivity contribution >= 4 is 95.0 Å². The molecule has 0 saturated heterocycles. The molecule has 4 aliphatic carbocycles. The molecule has 0 N–H and O–H groups in total. The fourth-order valence-electron chi connectivity index (χ4n) is 16.9. The Bertz CT molecular complexity index is 4310. The van der Waals surface area contributed by atoms with Crippen LogP contribution in [0.2, 0.25) is 0 Å². The normalized spacial score (nSPS) is 22.4. The number of nitrogens with zero attached hydrogens (tertiary/aromatic N) is 3. The van der Waals surface area contributed by atoms with Gasteiger partial charge in [0.15, 0.2) is 0 Å². The van der Waals surface area contributed by atoms with Crippen LogP contribution in [0.25, 0.3) is 21.2 Å². The van der Waals surface area contributed by atoms with E-state index in [2.05, 4.69) is 238 Å². The molecule has 8 aromatic carbocycles. The number of hydrogen-bond acceptors (Lipinski definition) is 4. The number of para-hydroxylation sites is 2. The fraction of sp³-hybridized carbons (Fsp3) is 0.359. The molecule has 5 heteroatoms. The summed E-state index contributed by atoms with van der Waals surface area (Å²) in [5.41, 5.74) is 24.8. The second-order valence-electron chi connectivity index (χ2n) is 30.2. The van der Waals surface area contributed by atoms with Crippen LogP contribution in [0.15, 0.2) is 158 Å². The monoisotopic (exact) mass is 1110 g/mol. The van der Waals surface area contributed by atoms with E-state index in [9.17, 15) is 0 Å². The smallest absolute Gasteiger partial charge is 0.264 e. The minimum Gasteiger partial charge on any atom is -0.311 e. The summed E-state index contributed by atoms with van der Waals surface area (Å²) in [6, 6.07) is 59.4. The highest BCUT2D eigenvalue weighted by molar-refractivity contribution is 7.33. The summed E-state index contributed by atoms with van der Waals surface area (Å²) < 4.78 is 30.2. The van der Waals surface area contributed by atoms with Gasteiger partial charge >= 0.3 is 0 Å². The Balaban J connectivity index is 1.14. The molecule has 2 bridgehead atoms. The highest BCUT2D eigenvalue weighted by Gasteiger charge is 2.54. The molecule has 9 aromatic rings. The van der Waals surface area contributed by atoms with Crippen molar-refractivity contribution in [2.24, 2.45) is 0 Å². The van der Waals surface area contributed by atoms with E-state index in [0.717, 1.165) is 59.8 Å². The van der Waals surface area contributed by atoms with Crippen molar-refractivity contribution in [3.63, 3.8) is 0 Å². The van der Waals surface area contributed by atoms with Gasteiger partial charge in [0.05, 0.1) is 17.1 Å². The Morgan fingerprint density at radius 1 is 0.518 bits per heavy atom. The summed E-state index contributed by atoms with van der Waals surface area (Å²) in [7, 11) is 0. The van der Waals surface area contributed by atoms with Crippen molar-refractivity contribution in [2.75, 3.05) is 14.7 Å². The van der Waals surface area contributed by atoms with Crippen molar-refractivity contribution < 1.29 is 4.11 Å². The van der Waals surface area contributed by atoms with Gasteiger partial charge in [-0.2, -0.15) is 0 Å². The second-order valence-corrected chi connectivity index (χ2v) is 31.3. The molecule has 2 unspecified atom stereocenters. The Morgan fingerprint density at radius 2 is 1.12 bits per heavy atom. The molecule has 418 valence electrons. The first kappa shape index (κ1) is 49.6. The number of hydrogen-bond donors (Lipinski definition) is 0. The first-order chi connectivity index (χ1) is 40.6. The Kier molecular flexibility index (Phi) is 10.5. The van der Waals surface area contributed by atoms with Crippen molar-refractivity contribution in [2.45, 2.75) is 180 Å². The molecule has 0 radical (unpaired) electrons. The molecule has 0 amide bonds. The van der Waals surface area contributed by atoms with Gasteiger partial charge in [-0.1, -0.05) is 181 Å². The first-order valence-electron chi connectivity index (χ1n) is 32.5. The van der Waals surface area contributed by atoms with Crippen molar-refractivity contribution in [3.05, 3.63) is 202 Å². The molecular formula is C78H82BN3S. The topological polar surface area (TPSA) is 9.72 Å². The average molecular weight is 1110 g/mol. The third-order valence-corrected chi connectivity index (χ3v) is 22.9. The molecule has 0 spiro atoms. The Hall–Kier alpha value is -6.82. The van der Waals surface area contributed by atoms with Gasteiger partial charge in [0.25, 0.3) is 6.71 Å². The molecule has 1 aromatic heterocycles. The van der Waals surface area contributed by atoms with E-state index in [1.165, 1.54) is 101 Å². The number of aryl methyl sites for hydroxylation is 1. The van der Waals surface area contributed by atoms with Gasteiger partial charge in [0, 0.05) is 58.7 Å². The third kappa shape index (κ3) is 7.73. The SMILES string of the molecule is [2H]C([2H])([2H])c1ccccc1N(c1ccccc1)c1cc2c3c(c1)N(c1ccc4c(c1)C(C)(C)CCC4(C)C)c1c(sc4cc5c(cc14)C1(C)CCC5(C)C1)B3c1cc(C(C)(C)C)ccc1N2c1ccc2c(c1-c1ccccc1)C(C)(C)CCC2(C)C. The van der Waals surface area contributed by atoms with Crippen LogP contribution in [0.5, 0.6) is 0 Å². The molecule has 2 aliphatic heterocycles. The van der Waals surface area contributed by atoms with Crippen LogP contribution < -0.4 is 30.4 Å². The quantitative estimate of drug-likeness (QED) is 0.154. The molecule has 2 atom stereocenters. The highest BCUT2D eigenvalue weighted by Crippen LogP contribution is 2.63. The van der Waals surface area contributed by atoms with Gasteiger partial charge in [-0.25, -0.2) is 0 Å². The van der Waals surface area contributed by atoms with Crippen LogP contribution in [0, 0.1) is 6.85 Å². The number of fused-ring (bicyclic) bond motifs is 13. The Morgan fingerprint density at radius 3 is 1.82 bits per heavy atom. The fourth-order valence-corrected chi connectivity index (χ4v) is 18.2. The summed E-state index contributed by atoms with van der Waals surface area (Å²) in [5.74, 6) is 0. The van der Waals surface area contributed by atoms with E-state index < -0.39 is 6.85 Å². The largest absolute Gasteiger partial charge is 0.311 e. The maximum Gasteiger partial charge on any atom is 0.264 e. The molecule has 83 heavy (non-hydrogen) atoms. The third-order valence-electron chi connectivity index (χ3n) is 21.7. The van der Waals surface area contributed by atoms with Crippen LogP contribution >= 0.6 is 11.3 Å². The van der Waals surface area contributed by atoms with Gasteiger partial charge in [0.2, 0.25) is 0 Å². The predicted octanol–water partition coefficient (Wildman–Crippen LogP) is 20.1. The van der Waals surface area contributed by atoms with Crippen LogP contribution in [0.1, 0.15) is 184 Å². The average Bonchev–Trinajstić information content (AvgIpc) is 1.33. The summed E-state index contributed by atoms with van der Waals surface area (Å²) in [5, 5.41) is 1.32. The van der Waals surface area contributed by atoms with Crippen LogP contribution in [-0.4, -0.2) is 6.71 Å². The van der Waals surface area contributed by atoms with E-state index in [4.69, 9.17) is 4.11 Å². The van der Waals surface area contributed by atoms with Gasteiger partial charge < -0.3 is 14.7 Å². The van der Waals surface area contributed by atoms with Crippen molar-refractivity contribution in [1.82, 2.24) is 0 Å². The van der Waals surface area contributed by atoms with Gasteiger partial charge in [-0.3, -0.25) is 0 Å². The molecule has 1 fully saturated rings.